The molecular weight excluding hydrogens is 260 g/mol. The Kier molecular flexibility index (Phi) is 6.54. The largest absolute Gasteiger partial charge is 0.456 e. The van der Waals surface area contributed by atoms with Crippen molar-refractivity contribution in [3.8, 4) is 0 Å². The fraction of sp³-hybridized carbons (Fsp3) is 1.00. The van der Waals surface area contributed by atoms with Gasteiger partial charge in [0.25, 0.3) is 0 Å². The lowest BCUT2D eigenvalue weighted by atomic mass is 9.84. The zero-order valence-electron chi connectivity index (χ0n) is 12.7. The molecule has 1 heterocycles. The van der Waals surface area contributed by atoms with Crippen LogP contribution < -0.4 is 0 Å². The molecule has 0 spiro atoms. The summed E-state index contributed by atoms with van der Waals surface area (Å²) in [5.74, 6) is 0. The van der Waals surface area contributed by atoms with Crippen molar-refractivity contribution in [1.29, 1.82) is 0 Å². The maximum atomic E-state index is 6.10. The highest BCUT2D eigenvalue weighted by Gasteiger charge is 2.36. The van der Waals surface area contributed by atoms with Crippen LogP contribution in [0, 0.1) is 5.41 Å². The third-order valence-electron chi connectivity index (χ3n) is 3.52. The van der Waals surface area contributed by atoms with E-state index in [-0.39, 0.29) is 0 Å². The van der Waals surface area contributed by atoms with Crippen LogP contribution in [0.4, 0.5) is 0 Å². The maximum Gasteiger partial charge on any atom is 0.191 e. The molecule has 0 aliphatic carbocycles. The summed E-state index contributed by atoms with van der Waals surface area (Å²) in [7, 11) is -1.98. The van der Waals surface area contributed by atoms with Crippen LogP contribution in [0.2, 0.25) is 32.2 Å². The van der Waals surface area contributed by atoms with Crippen LogP contribution in [0.1, 0.15) is 19.8 Å². The fourth-order valence-corrected chi connectivity index (χ4v) is 8.10. The smallest absolute Gasteiger partial charge is 0.191 e. The van der Waals surface area contributed by atoms with Gasteiger partial charge in [0.05, 0.1) is 19.8 Å². The standard InChI is InChI=1S/C13H29O3Si2/c1-6-13(11-15-12-13)10-14-8-7-9-18(4,5)16-17(2)3/h6-12H2,1-5H3. The van der Waals surface area contributed by atoms with Gasteiger partial charge in [0, 0.05) is 12.0 Å². The van der Waals surface area contributed by atoms with Crippen LogP contribution in [0.5, 0.6) is 0 Å². The minimum absolute atomic E-state index is 0.326. The minimum atomic E-state index is -1.42. The minimum Gasteiger partial charge on any atom is -0.456 e. The molecule has 1 fully saturated rings. The fourth-order valence-electron chi connectivity index (χ4n) is 2.27. The van der Waals surface area contributed by atoms with E-state index in [4.69, 9.17) is 13.6 Å². The Labute approximate surface area is 115 Å². The molecule has 3 nitrogen and oxygen atoms in total. The van der Waals surface area contributed by atoms with Crippen molar-refractivity contribution in [3.63, 3.8) is 0 Å². The van der Waals surface area contributed by atoms with E-state index in [1.54, 1.807) is 0 Å². The van der Waals surface area contributed by atoms with Gasteiger partial charge in [-0.15, -0.1) is 0 Å². The van der Waals surface area contributed by atoms with E-state index in [1.807, 2.05) is 0 Å². The molecule has 5 heteroatoms. The predicted octanol–water partition coefficient (Wildman–Crippen LogP) is 3.29. The van der Waals surface area contributed by atoms with Crippen molar-refractivity contribution in [2.75, 3.05) is 26.4 Å². The number of rotatable bonds is 9. The van der Waals surface area contributed by atoms with Gasteiger partial charge in [0.15, 0.2) is 17.4 Å². The second-order valence-electron chi connectivity index (χ2n) is 6.27. The molecule has 1 rings (SSSR count). The SMILES string of the molecule is CCC1(COCCC[Si](C)(C)O[Si](C)C)COC1. The van der Waals surface area contributed by atoms with Crippen LogP contribution in [0.3, 0.4) is 0 Å². The van der Waals surface area contributed by atoms with Gasteiger partial charge in [-0.05, 0) is 45.1 Å². The van der Waals surface area contributed by atoms with Crippen molar-refractivity contribution < 1.29 is 13.6 Å². The average Bonchev–Trinajstić information content (AvgIpc) is 2.19. The molecule has 0 saturated carbocycles. The molecule has 1 saturated heterocycles. The van der Waals surface area contributed by atoms with Crippen molar-refractivity contribution in [2.24, 2.45) is 5.41 Å². The Morgan fingerprint density at radius 1 is 1.28 bits per heavy atom. The quantitative estimate of drug-likeness (QED) is 0.481. The first-order chi connectivity index (χ1) is 8.39. The van der Waals surface area contributed by atoms with E-state index in [9.17, 15) is 0 Å². The lowest BCUT2D eigenvalue weighted by Crippen LogP contribution is -2.45. The Hall–Kier alpha value is 0.314. The van der Waals surface area contributed by atoms with E-state index in [0.717, 1.165) is 39.3 Å². The van der Waals surface area contributed by atoms with Crippen molar-refractivity contribution in [2.45, 2.75) is 52.0 Å². The highest BCUT2D eigenvalue weighted by atomic mass is 28.4. The van der Waals surface area contributed by atoms with Crippen LogP contribution in [-0.4, -0.2) is 43.8 Å². The van der Waals surface area contributed by atoms with Crippen LogP contribution >= 0.6 is 0 Å². The van der Waals surface area contributed by atoms with Crippen molar-refractivity contribution in [1.82, 2.24) is 0 Å². The lowest BCUT2D eigenvalue weighted by Gasteiger charge is -2.40. The summed E-state index contributed by atoms with van der Waals surface area (Å²) in [6.45, 7) is 14.8. The Balaban J connectivity index is 2.08. The monoisotopic (exact) mass is 289 g/mol. The summed E-state index contributed by atoms with van der Waals surface area (Å²) < 4.78 is 17.2. The molecule has 0 aromatic carbocycles. The summed E-state index contributed by atoms with van der Waals surface area (Å²) >= 11 is 0. The summed E-state index contributed by atoms with van der Waals surface area (Å²) in [4.78, 5) is 0. The molecule has 0 unspecified atom stereocenters. The Morgan fingerprint density at radius 2 is 1.94 bits per heavy atom. The number of hydrogen-bond donors (Lipinski definition) is 0. The predicted molar refractivity (Wildman–Crippen MR) is 79.8 cm³/mol. The Morgan fingerprint density at radius 3 is 2.39 bits per heavy atom. The molecule has 1 radical (unpaired) electrons. The molecule has 18 heavy (non-hydrogen) atoms. The Bertz CT molecular complexity index is 235. The highest BCUT2D eigenvalue weighted by molar-refractivity contribution is 6.77. The molecule has 0 aromatic rings. The topological polar surface area (TPSA) is 27.7 Å². The first-order valence-electron chi connectivity index (χ1n) is 7.04. The first-order valence-corrected chi connectivity index (χ1v) is 12.6. The maximum absolute atomic E-state index is 6.10. The highest BCUT2D eigenvalue weighted by Crippen LogP contribution is 2.31. The second-order valence-corrected chi connectivity index (χ2v) is 12.9. The second kappa shape index (κ2) is 7.19. The zero-order valence-corrected chi connectivity index (χ0v) is 14.7. The van der Waals surface area contributed by atoms with Gasteiger partial charge < -0.3 is 13.6 Å². The van der Waals surface area contributed by atoms with Gasteiger partial charge in [0.1, 0.15) is 0 Å². The number of ether oxygens (including phenoxy) is 2. The van der Waals surface area contributed by atoms with Crippen molar-refractivity contribution >= 4 is 17.4 Å². The molecule has 1 aliphatic heterocycles. The van der Waals surface area contributed by atoms with E-state index < -0.39 is 17.4 Å². The molecule has 1 aliphatic rings. The summed E-state index contributed by atoms with van der Waals surface area (Å²) in [5, 5.41) is 0. The summed E-state index contributed by atoms with van der Waals surface area (Å²) in [5.41, 5.74) is 0.326. The van der Waals surface area contributed by atoms with Crippen LogP contribution in [0.15, 0.2) is 0 Å². The van der Waals surface area contributed by atoms with E-state index in [0.29, 0.717) is 5.41 Å². The lowest BCUT2D eigenvalue weighted by molar-refractivity contribution is -0.150. The van der Waals surface area contributed by atoms with Crippen LogP contribution in [0.25, 0.3) is 0 Å². The van der Waals surface area contributed by atoms with Crippen molar-refractivity contribution in [3.05, 3.63) is 0 Å². The van der Waals surface area contributed by atoms with E-state index >= 15 is 0 Å². The average molecular weight is 290 g/mol. The molecular formula is C13H29O3Si2. The van der Waals surface area contributed by atoms with Gasteiger partial charge >= 0.3 is 0 Å². The van der Waals surface area contributed by atoms with Gasteiger partial charge in [0.2, 0.25) is 0 Å². The molecule has 0 aromatic heterocycles. The van der Waals surface area contributed by atoms with Gasteiger partial charge in [-0.2, -0.15) is 0 Å². The first kappa shape index (κ1) is 16.4. The molecule has 0 atom stereocenters. The third kappa shape index (κ3) is 5.53. The molecule has 0 bridgehead atoms. The number of hydrogen-bond acceptors (Lipinski definition) is 3. The van der Waals surface area contributed by atoms with Gasteiger partial charge in [-0.1, -0.05) is 6.92 Å². The summed E-state index contributed by atoms with van der Waals surface area (Å²) in [6.07, 6.45) is 2.29. The molecule has 0 amide bonds. The van der Waals surface area contributed by atoms with E-state index in [1.165, 1.54) is 6.04 Å². The zero-order chi connectivity index (χ0) is 13.6. The van der Waals surface area contributed by atoms with Gasteiger partial charge in [-0.25, -0.2) is 0 Å². The van der Waals surface area contributed by atoms with Crippen LogP contribution in [-0.2, 0) is 13.6 Å². The molecule has 107 valence electrons. The third-order valence-corrected chi connectivity index (χ3v) is 8.92. The molecule has 0 N–H and O–H groups in total. The van der Waals surface area contributed by atoms with E-state index in [2.05, 4.69) is 33.1 Å². The summed E-state index contributed by atoms with van der Waals surface area (Å²) in [6, 6.07) is 1.21. The normalized spacial score (nSPS) is 19.0. The van der Waals surface area contributed by atoms with Gasteiger partial charge in [-0.3, -0.25) is 0 Å².